The van der Waals surface area contributed by atoms with Gasteiger partial charge in [-0.05, 0) is 11.6 Å². The minimum absolute atomic E-state index is 0.0848. The van der Waals surface area contributed by atoms with Crippen LogP contribution in [0.4, 0.5) is 13.2 Å². The van der Waals surface area contributed by atoms with Crippen LogP contribution in [0.1, 0.15) is 29.0 Å². The van der Waals surface area contributed by atoms with Gasteiger partial charge in [-0.3, -0.25) is 9.69 Å². The average molecular weight is 340 g/mol. The number of amides is 1. The van der Waals surface area contributed by atoms with Crippen LogP contribution in [0.5, 0.6) is 0 Å². The van der Waals surface area contributed by atoms with Gasteiger partial charge in [-0.15, -0.1) is 10.2 Å². The molecule has 24 heavy (non-hydrogen) atoms. The van der Waals surface area contributed by atoms with E-state index in [1.165, 1.54) is 18.2 Å². The minimum atomic E-state index is -4.54. The predicted molar refractivity (Wildman–Crippen MR) is 76.6 cm³/mol. The topological polar surface area (TPSA) is 71.3 Å². The Balaban J connectivity index is 1.97. The van der Waals surface area contributed by atoms with Crippen LogP contribution in [0.15, 0.2) is 28.7 Å². The fourth-order valence-electron chi connectivity index (χ4n) is 2.79. The van der Waals surface area contributed by atoms with Crippen molar-refractivity contribution in [1.29, 1.82) is 0 Å². The van der Waals surface area contributed by atoms with Crippen LogP contribution in [-0.4, -0.2) is 34.1 Å². The third kappa shape index (κ3) is 3.25. The number of carbonyl (C=O) groups is 1. The number of piperazine rings is 1. The van der Waals surface area contributed by atoms with Gasteiger partial charge >= 0.3 is 6.18 Å². The van der Waals surface area contributed by atoms with Crippen molar-refractivity contribution in [1.82, 2.24) is 20.4 Å². The van der Waals surface area contributed by atoms with Crippen LogP contribution in [0.2, 0.25) is 0 Å². The van der Waals surface area contributed by atoms with E-state index in [4.69, 9.17) is 4.42 Å². The summed E-state index contributed by atoms with van der Waals surface area (Å²) in [4.78, 5) is 13.9. The first-order chi connectivity index (χ1) is 11.4. The standard InChI is InChI=1S/C15H15F3N4O2/c1-9-20-21-12(24-9)8-22-7-6-19-14(23)13(22)10-4-2-3-5-11(10)15(16,17)18/h2-5,13H,6-8H2,1H3,(H,19,23)/t13-/m1/s1. The summed E-state index contributed by atoms with van der Waals surface area (Å²) in [7, 11) is 0. The van der Waals surface area contributed by atoms with Gasteiger partial charge in [-0.25, -0.2) is 0 Å². The van der Waals surface area contributed by atoms with Crippen LogP contribution in [-0.2, 0) is 17.5 Å². The normalized spacial score (nSPS) is 19.3. The Morgan fingerprint density at radius 3 is 2.75 bits per heavy atom. The van der Waals surface area contributed by atoms with Gasteiger partial charge < -0.3 is 9.73 Å². The highest BCUT2D eigenvalue weighted by Crippen LogP contribution is 2.37. The molecule has 1 aromatic carbocycles. The fraction of sp³-hybridized carbons (Fsp3) is 0.400. The van der Waals surface area contributed by atoms with E-state index < -0.39 is 23.7 Å². The van der Waals surface area contributed by atoms with Crippen LogP contribution in [0.3, 0.4) is 0 Å². The number of nitrogens with one attached hydrogen (secondary N) is 1. The van der Waals surface area contributed by atoms with Crippen LogP contribution >= 0.6 is 0 Å². The van der Waals surface area contributed by atoms with Gasteiger partial charge in [-0.1, -0.05) is 18.2 Å². The average Bonchev–Trinajstić information content (AvgIpc) is 2.92. The molecule has 1 N–H and O–H groups in total. The lowest BCUT2D eigenvalue weighted by molar-refractivity contribution is -0.140. The van der Waals surface area contributed by atoms with E-state index in [2.05, 4.69) is 15.5 Å². The van der Waals surface area contributed by atoms with E-state index in [1.807, 2.05) is 0 Å². The third-order valence-corrected chi connectivity index (χ3v) is 3.78. The summed E-state index contributed by atoms with van der Waals surface area (Å²) >= 11 is 0. The third-order valence-electron chi connectivity index (χ3n) is 3.78. The zero-order valence-corrected chi connectivity index (χ0v) is 12.8. The van der Waals surface area contributed by atoms with Crippen molar-refractivity contribution in [3.8, 4) is 0 Å². The molecule has 128 valence electrons. The molecule has 0 spiro atoms. The van der Waals surface area contributed by atoms with E-state index >= 15 is 0 Å². The van der Waals surface area contributed by atoms with Crippen molar-refractivity contribution < 1.29 is 22.4 Å². The Kier molecular flexibility index (Phi) is 4.27. The summed E-state index contributed by atoms with van der Waals surface area (Å²) in [5.74, 6) is 0.143. The van der Waals surface area contributed by atoms with Crippen molar-refractivity contribution in [2.45, 2.75) is 25.7 Å². The maximum atomic E-state index is 13.3. The Morgan fingerprint density at radius 2 is 2.08 bits per heavy atom. The molecule has 9 heteroatoms. The van der Waals surface area contributed by atoms with Gasteiger partial charge in [0.05, 0.1) is 12.1 Å². The largest absolute Gasteiger partial charge is 0.424 e. The molecule has 1 aliphatic rings. The molecule has 1 aromatic heterocycles. The number of halogens is 3. The summed E-state index contributed by atoms with van der Waals surface area (Å²) in [6.45, 7) is 2.45. The van der Waals surface area contributed by atoms with Crippen molar-refractivity contribution in [3.63, 3.8) is 0 Å². The molecule has 1 fully saturated rings. The van der Waals surface area contributed by atoms with Gasteiger partial charge in [0.25, 0.3) is 0 Å². The summed E-state index contributed by atoms with van der Waals surface area (Å²) in [6.07, 6.45) is -4.54. The Hall–Kier alpha value is -2.42. The maximum absolute atomic E-state index is 13.3. The molecule has 3 rings (SSSR count). The quantitative estimate of drug-likeness (QED) is 0.926. The van der Waals surface area contributed by atoms with E-state index in [9.17, 15) is 18.0 Å². The lowest BCUT2D eigenvalue weighted by Gasteiger charge is -2.35. The van der Waals surface area contributed by atoms with Gasteiger partial charge in [0.15, 0.2) is 0 Å². The molecule has 1 amide bonds. The lowest BCUT2D eigenvalue weighted by atomic mass is 9.96. The van der Waals surface area contributed by atoms with Gasteiger partial charge in [0, 0.05) is 20.0 Å². The van der Waals surface area contributed by atoms with E-state index in [1.54, 1.807) is 11.8 Å². The molecule has 2 heterocycles. The monoisotopic (exact) mass is 340 g/mol. The van der Waals surface area contributed by atoms with Crippen LogP contribution in [0.25, 0.3) is 0 Å². The van der Waals surface area contributed by atoms with Crippen molar-refractivity contribution in [3.05, 3.63) is 47.2 Å². The number of nitrogens with zero attached hydrogens (tertiary/aromatic N) is 3. The van der Waals surface area contributed by atoms with Crippen LogP contribution in [0, 0.1) is 6.92 Å². The molecule has 0 radical (unpaired) electrons. The highest BCUT2D eigenvalue weighted by Gasteiger charge is 2.40. The first kappa shape index (κ1) is 16.4. The second-order valence-electron chi connectivity index (χ2n) is 5.46. The van der Waals surface area contributed by atoms with E-state index in [-0.39, 0.29) is 18.0 Å². The Morgan fingerprint density at radius 1 is 1.33 bits per heavy atom. The first-order valence-electron chi connectivity index (χ1n) is 7.33. The molecule has 2 aromatic rings. The van der Waals surface area contributed by atoms with E-state index in [0.29, 0.717) is 19.0 Å². The van der Waals surface area contributed by atoms with Crippen molar-refractivity contribution in [2.24, 2.45) is 0 Å². The van der Waals surface area contributed by atoms with Gasteiger partial charge in [0.1, 0.15) is 6.04 Å². The smallest absolute Gasteiger partial charge is 0.416 e. The Bertz CT molecular complexity index is 744. The number of aromatic nitrogens is 2. The second-order valence-corrected chi connectivity index (χ2v) is 5.46. The lowest BCUT2D eigenvalue weighted by Crippen LogP contribution is -2.50. The number of carbonyl (C=O) groups excluding carboxylic acids is 1. The zero-order chi connectivity index (χ0) is 17.3. The number of rotatable bonds is 3. The highest BCUT2D eigenvalue weighted by molar-refractivity contribution is 5.84. The van der Waals surface area contributed by atoms with Gasteiger partial charge in [-0.2, -0.15) is 13.2 Å². The molecule has 0 bridgehead atoms. The molecule has 0 unspecified atom stereocenters. The first-order valence-corrected chi connectivity index (χ1v) is 7.33. The van der Waals surface area contributed by atoms with Crippen molar-refractivity contribution in [2.75, 3.05) is 13.1 Å². The number of aryl methyl sites for hydroxylation is 1. The maximum Gasteiger partial charge on any atom is 0.416 e. The SMILES string of the molecule is Cc1nnc(CN2CCNC(=O)[C@H]2c2ccccc2C(F)(F)F)o1. The number of alkyl halides is 3. The summed E-state index contributed by atoms with van der Waals surface area (Å²) < 4.78 is 45.2. The molecule has 1 aliphatic heterocycles. The minimum Gasteiger partial charge on any atom is -0.424 e. The van der Waals surface area contributed by atoms with E-state index in [0.717, 1.165) is 6.07 Å². The number of benzene rings is 1. The number of hydrogen-bond donors (Lipinski definition) is 1. The molecule has 0 saturated carbocycles. The molecule has 1 saturated heterocycles. The molecule has 0 aliphatic carbocycles. The van der Waals surface area contributed by atoms with Crippen LogP contribution < -0.4 is 5.32 Å². The number of hydrogen-bond acceptors (Lipinski definition) is 5. The summed E-state index contributed by atoms with van der Waals surface area (Å²) in [6, 6.07) is 4.03. The molecule has 1 atom stereocenters. The highest BCUT2D eigenvalue weighted by atomic mass is 19.4. The second kappa shape index (κ2) is 6.23. The van der Waals surface area contributed by atoms with Crippen molar-refractivity contribution >= 4 is 5.91 Å². The Labute approximate surface area is 135 Å². The fourth-order valence-corrected chi connectivity index (χ4v) is 2.79. The summed E-state index contributed by atoms with van der Waals surface area (Å²) in [5.41, 5.74) is -0.905. The predicted octanol–water partition coefficient (Wildman–Crippen LogP) is 2.07. The zero-order valence-electron chi connectivity index (χ0n) is 12.8. The molecular formula is C15H15F3N4O2. The summed E-state index contributed by atoms with van der Waals surface area (Å²) in [5, 5.41) is 10.2. The molecule has 6 nitrogen and oxygen atoms in total. The van der Waals surface area contributed by atoms with Gasteiger partial charge in [0.2, 0.25) is 17.7 Å². The molecular weight excluding hydrogens is 325 g/mol.